The summed E-state index contributed by atoms with van der Waals surface area (Å²) in [4.78, 5) is 22.8. The van der Waals surface area contributed by atoms with Crippen LogP contribution in [0.5, 0.6) is 11.5 Å². The zero-order valence-corrected chi connectivity index (χ0v) is 13.2. The lowest BCUT2D eigenvalue weighted by molar-refractivity contribution is -0.123. The van der Waals surface area contributed by atoms with E-state index in [2.05, 4.69) is 5.32 Å². The van der Waals surface area contributed by atoms with Gasteiger partial charge in [-0.3, -0.25) is 9.59 Å². The molecular formula is C19H19NO4. The van der Waals surface area contributed by atoms with Crippen molar-refractivity contribution in [1.29, 1.82) is 0 Å². The van der Waals surface area contributed by atoms with Crippen LogP contribution in [0.15, 0.2) is 48.5 Å². The molecule has 1 heterocycles. The molecule has 0 radical (unpaired) electrons. The van der Waals surface area contributed by atoms with Crippen molar-refractivity contribution in [2.45, 2.75) is 6.42 Å². The summed E-state index contributed by atoms with van der Waals surface area (Å²) in [5.74, 6) is 1.37. The first-order valence-corrected chi connectivity index (χ1v) is 7.90. The number of para-hydroxylation sites is 2. The third kappa shape index (κ3) is 3.93. The molecule has 0 bridgehead atoms. The molecule has 5 nitrogen and oxygen atoms in total. The molecule has 24 heavy (non-hydrogen) atoms. The fraction of sp³-hybridized carbons (Fsp3) is 0.263. The molecule has 2 aromatic rings. The minimum Gasteiger partial charge on any atom is -0.493 e. The van der Waals surface area contributed by atoms with E-state index in [0.717, 1.165) is 12.2 Å². The summed E-state index contributed by atoms with van der Waals surface area (Å²) in [6.07, 6.45) is 1.59. The highest BCUT2D eigenvalue weighted by molar-refractivity contribution is 5.80. The van der Waals surface area contributed by atoms with Crippen molar-refractivity contribution in [2.24, 2.45) is 5.92 Å². The zero-order chi connectivity index (χ0) is 16.8. The van der Waals surface area contributed by atoms with E-state index in [9.17, 15) is 9.59 Å². The normalized spacial score (nSPS) is 15.8. The summed E-state index contributed by atoms with van der Waals surface area (Å²) in [6.45, 7) is 1.01. The molecule has 0 saturated heterocycles. The zero-order valence-electron chi connectivity index (χ0n) is 13.2. The molecule has 0 spiro atoms. The Morgan fingerprint density at radius 2 is 2.00 bits per heavy atom. The van der Waals surface area contributed by atoms with Gasteiger partial charge in [0, 0.05) is 12.5 Å². The predicted octanol–water partition coefficient (Wildman–Crippen LogP) is 2.25. The van der Waals surface area contributed by atoms with Gasteiger partial charge in [0.05, 0.1) is 12.2 Å². The smallest absolute Gasteiger partial charge is 0.257 e. The van der Waals surface area contributed by atoms with Gasteiger partial charge in [-0.25, -0.2) is 0 Å². The molecule has 1 aliphatic heterocycles. The van der Waals surface area contributed by atoms with Gasteiger partial charge in [0.15, 0.2) is 12.9 Å². The van der Waals surface area contributed by atoms with Crippen LogP contribution in [-0.4, -0.2) is 32.0 Å². The maximum absolute atomic E-state index is 11.9. The van der Waals surface area contributed by atoms with Gasteiger partial charge in [-0.15, -0.1) is 0 Å². The molecule has 1 atom stereocenters. The number of hydrogen-bond acceptors (Lipinski definition) is 4. The van der Waals surface area contributed by atoms with Gasteiger partial charge in [0.2, 0.25) is 0 Å². The quantitative estimate of drug-likeness (QED) is 0.827. The third-order valence-electron chi connectivity index (χ3n) is 3.95. The Morgan fingerprint density at radius 1 is 1.21 bits per heavy atom. The van der Waals surface area contributed by atoms with Gasteiger partial charge in [-0.2, -0.15) is 0 Å². The number of amides is 1. The number of fused-ring (bicyclic) bond motifs is 1. The van der Waals surface area contributed by atoms with E-state index in [1.54, 1.807) is 24.3 Å². The van der Waals surface area contributed by atoms with E-state index in [-0.39, 0.29) is 18.4 Å². The van der Waals surface area contributed by atoms with Gasteiger partial charge < -0.3 is 14.8 Å². The molecule has 1 N–H and O–H groups in total. The summed E-state index contributed by atoms with van der Waals surface area (Å²) >= 11 is 0. The lowest BCUT2D eigenvalue weighted by atomic mass is 9.97. The first-order valence-electron chi connectivity index (χ1n) is 7.90. The molecule has 2 aromatic carbocycles. The Hall–Kier alpha value is -2.82. The lowest BCUT2D eigenvalue weighted by Crippen LogP contribution is -2.37. The van der Waals surface area contributed by atoms with Gasteiger partial charge in [-0.05, 0) is 30.2 Å². The number of aldehydes is 1. The minimum atomic E-state index is -0.213. The number of benzene rings is 2. The summed E-state index contributed by atoms with van der Waals surface area (Å²) < 4.78 is 11.1. The number of nitrogens with one attached hydrogen (secondary N) is 1. The molecule has 5 heteroatoms. The van der Waals surface area contributed by atoms with Crippen LogP contribution in [0.1, 0.15) is 15.9 Å². The third-order valence-corrected chi connectivity index (χ3v) is 3.95. The van der Waals surface area contributed by atoms with Crippen molar-refractivity contribution in [1.82, 2.24) is 5.32 Å². The van der Waals surface area contributed by atoms with Crippen molar-refractivity contribution >= 4 is 12.2 Å². The standard InChI is InChI=1S/C19H19NO4/c21-11-16-6-2-4-8-18(16)24-13-19(22)20-10-14-9-15-5-1-3-7-17(15)23-12-14/h1-8,11,14H,9-10,12-13H2,(H,20,22). The summed E-state index contributed by atoms with van der Waals surface area (Å²) in [5.41, 5.74) is 1.60. The fourth-order valence-electron chi connectivity index (χ4n) is 2.68. The van der Waals surface area contributed by atoms with Crippen LogP contribution in [0.25, 0.3) is 0 Å². The van der Waals surface area contributed by atoms with Crippen LogP contribution in [0.4, 0.5) is 0 Å². The van der Waals surface area contributed by atoms with Crippen LogP contribution in [0.3, 0.4) is 0 Å². The Morgan fingerprint density at radius 3 is 2.88 bits per heavy atom. The Labute approximate surface area is 140 Å². The van der Waals surface area contributed by atoms with Crippen LogP contribution < -0.4 is 14.8 Å². The number of ether oxygens (including phenoxy) is 2. The highest BCUT2D eigenvalue weighted by atomic mass is 16.5. The molecular weight excluding hydrogens is 306 g/mol. The average molecular weight is 325 g/mol. The minimum absolute atomic E-state index is 0.116. The molecule has 3 rings (SSSR count). The largest absolute Gasteiger partial charge is 0.493 e. The molecule has 0 aromatic heterocycles. The first-order chi connectivity index (χ1) is 11.8. The van der Waals surface area contributed by atoms with Gasteiger partial charge in [0.25, 0.3) is 5.91 Å². The summed E-state index contributed by atoms with van der Waals surface area (Å²) in [6, 6.07) is 14.8. The Balaban J connectivity index is 1.46. The van der Waals surface area contributed by atoms with Crippen molar-refractivity contribution in [3.63, 3.8) is 0 Å². The molecule has 0 aliphatic carbocycles. The molecule has 1 amide bonds. The van der Waals surface area contributed by atoms with Crippen LogP contribution in [-0.2, 0) is 11.2 Å². The van der Waals surface area contributed by atoms with E-state index < -0.39 is 0 Å². The first kappa shape index (κ1) is 16.1. The van der Waals surface area contributed by atoms with Crippen LogP contribution >= 0.6 is 0 Å². The van der Waals surface area contributed by atoms with E-state index >= 15 is 0 Å². The van der Waals surface area contributed by atoms with Crippen LogP contribution in [0.2, 0.25) is 0 Å². The maximum atomic E-state index is 11.9. The lowest BCUT2D eigenvalue weighted by Gasteiger charge is -2.25. The Kier molecular flexibility index (Phi) is 5.11. The molecule has 1 aliphatic rings. The SMILES string of the molecule is O=Cc1ccccc1OCC(=O)NCC1COc2ccccc2C1. The summed E-state index contributed by atoms with van der Waals surface area (Å²) in [5, 5.41) is 2.86. The molecule has 1 unspecified atom stereocenters. The van der Waals surface area contributed by atoms with Crippen molar-refractivity contribution in [2.75, 3.05) is 19.8 Å². The second kappa shape index (κ2) is 7.64. The van der Waals surface area contributed by atoms with E-state index in [4.69, 9.17) is 9.47 Å². The molecule has 124 valence electrons. The van der Waals surface area contributed by atoms with Crippen molar-refractivity contribution in [3.05, 3.63) is 59.7 Å². The van der Waals surface area contributed by atoms with Gasteiger partial charge >= 0.3 is 0 Å². The van der Waals surface area contributed by atoms with E-state index in [1.807, 2.05) is 24.3 Å². The molecule has 0 saturated carbocycles. The predicted molar refractivity (Wildman–Crippen MR) is 89.5 cm³/mol. The van der Waals surface area contributed by atoms with Gasteiger partial charge in [-0.1, -0.05) is 30.3 Å². The number of hydrogen-bond donors (Lipinski definition) is 1. The number of carbonyl (C=O) groups excluding carboxylic acids is 2. The topological polar surface area (TPSA) is 64.6 Å². The number of rotatable bonds is 6. The average Bonchev–Trinajstić information content (AvgIpc) is 2.64. The molecule has 0 fully saturated rings. The number of carbonyl (C=O) groups is 2. The van der Waals surface area contributed by atoms with Gasteiger partial charge in [0.1, 0.15) is 11.5 Å². The Bertz CT molecular complexity index is 729. The van der Waals surface area contributed by atoms with Crippen molar-refractivity contribution in [3.8, 4) is 11.5 Å². The fourth-order valence-corrected chi connectivity index (χ4v) is 2.68. The monoisotopic (exact) mass is 325 g/mol. The van der Waals surface area contributed by atoms with Crippen LogP contribution in [0, 0.1) is 5.92 Å². The summed E-state index contributed by atoms with van der Waals surface area (Å²) in [7, 11) is 0. The maximum Gasteiger partial charge on any atom is 0.257 e. The second-order valence-electron chi connectivity index (χ2n) is 5.74. The highest BCUT2D eigenvalue weighted by Gasteiger charge is 2.20. The second-order valence-corrected chi connectivity index (χ2v) is 5.74. The van der Waals surface area contributed by atoms with E-state index in [1.165, 1.54) is 5.56 Å². The highest BCUT2D eigenvalue weighted by Crippen LogP contribution is 2.26. The van der Waals surface area contributed by atoms with E-state index in [0.29, 0.717) is 30.8 Å². The van der Waals surface area contributed by atoms with Crippen molar-refractivity contribution < 1.29 is 19.1 Å².